The van der Waals surface area contributed by atoms with Crippen LogP contribution in [0.3, 0.4) is 0 Å². The summed E-state index contributed by atoms with van der Waals surface area (Å²) >= 11 is 1.56. The van der Waals surface area contributed by atoms with Crippen molar-refractivity contribution >= 4 is 28.1 Å². The summed E-state index contributed by atoms with van der Waals surface area (Å²) in [6.07, 6.45) is 2.32. The number of hydrogen-bond donors (Lipinski definition) is 1. The van der Waals surface area contributed by atoms with E-state index >= 15 is 0 Å². The standard InChI is InChI=1S/C15H12N4S/c1-2-7-14-13(6-1)15(18-10-17-14)16-8-4-3-5-12-9-20-11-19-12/h1-2,6-7,9-11H,4,8H2,(H,16,17,18). The number of fused-ring (bicyclic) bond motifs is 1. The van der Waals surface area contributed by atoms with Crippen LogP contribution < -0.4 is 5.32 Å². The molecule has 2 heterocycles. The van der Waals surface area contributed by atoms with Crippen molar-refractivity contribution in [2.75, 3.05) is 11.9 Å². The zero-order valence-electron chi connectivity index (χ0n) is 10.7. The van der Waals surface area contributed by atoms with Gasteiger partial charge in [-0.2, -0.15) is 0 Å². The molecule has 0 atom stereocenters. The highest BCUT2D eigenvalue weighted by atomic mass is 32.1. The number of rotatable bonds is 3. The Morgan fingerprint density at radius 2 is 2.10 bits per heavy atom. The molecule has 0 unspecified atom stereocenters. The van der Waals surface area contributed by atoms with E-state index in [9.17, 15) is 0 Å². The minimum absolute atomic E-state index is 0.746. The van der Waals surface area contributed by atoms with E-state index in [1.165, 1.54) is 0 Å². The lowest BCUT2D eigenvalue weighted by Gasteiger charge is -2.05. The molecule has 0 spiro atoms. The highest BCUT2D eigenvalue weighted by molar-refractivity contribution is 7.07. The lowest BCUT2D eigenvalue weighted by atomic mass is 10.2. The molecule has 0 fully saturated rings. The largest absolute Gasteiger partial charge is 0.368 e. The number of nitrogens with one attached hydrogen (secondary N) is 1. The Kier molecular flexibility index (Phi) is 3.86. The SMILES string of the molecule is C(#Cc1cscn1)CCNc1ncnc2ccccc12. The Hall–Kier alpha value is -2.45. The summed E-state index contributed by atoms with van der Waals surface area (Å²) in [7, 11) is 0. The third-order valence-corrected chi connectivity index (χ3v) is 3.32. The van der Waals surface area contributed by atoms with Crippen molar-refractivity contribution in [3.8, 4) is 11.8 Å². The van der Waals surface area contributed by atoms with Crippen LogP contribution in [0.2, 0.25) is 0 Å². The molecule has 0 radical (unpaired) electrons. The van der Waals surface area contributed by atoms with Crippen molar-refractivity contribution in [3.63, 3.8) is 0 Å². The molecule has 0 saturated heterocycles. The maximum absolute atomic E-state index is 4.27. The quantitative estimate of drug-likeness (QED) is 0.592. The summed E-state index contributed by atoms with van der Waals surface area (Å²) in [5.41, 5.74) is 3.57. The van der Waals surface area contributed by atoms with E-state index in [1.807, 2.05) is 29.6 Å². The molecule has 4 nitrogen and oxygen atoms in total. The molecular weight excluding hydrogens is 268 g/mol. The fourth-order valence-electron chi connectivity index (χ4n) is 1.82. The monoisotopic (exact) mass is 280 g/mol. The number of para-hydroxylation sites is 1. The molecular formula is C15H12N4S. The van der Waals surface area contributed by atoms with Gasteiger partial charge in [0.1, 0.15) is 17.8 Å². The third kappa shape index (κ3) is 2.92. The molecule has 0 aliphatic carbocycles. The summed E-state index contributed by atoms with van der Waals surface area (Å²) in [5, 5.41) is 6.27. The van der Waals surface area contributed by atoms with E-state index < -0.39 is 0 Å². The van der Waals surface area contributed by atoms with Gasteiger partial charge in [0.2, 0.25) is 0 Å². The first-order valence-electron chi connectivity index (χ1n) is 6.24. The van der Waals surface area contributed by atoms with Crippen molar-refractivity contribution in [2.45, 2.75) is 6.42 Å². The molecule has 2 aromatic heterocycles. The van der Waals surface area contributed by atoms with Crippen LogP contribution in [0.1, 0.15) is 12.1 Å². The van der Waals surface area contributed by atoms with Crippen molar-refractivity contribution in [3.05, 3.63) is 47.2 Å². The first-order chi connectivity index (χ1) is 9.93. The van der Waals surface area contributed by atoms with Crippen molar-refractivity contribution in [1.82, 2.24) is 15.0 Å². The first kappa shape index (κ1) is 12.6. The molecule has 0 saturated carbocycles. The molecule has 1 N–H and O–H groups in total. The van der Waals surface area contributed by atoms with Crippen LogP contribution in [0.5, 0.6) is 0 Å². The van der Waals surface area contributed by atoms with Gasteiger partial charge in [0.25, 0.3) is 0 Å². The topological polar surface area (TPSA) is 50.7 Å². The van der Waals surface area contributed by atoms with Crippen molar-refractivity contribution < 1.29 is 0 Å². The summed E-state index contributed by atoms with van der Waals surface area (Å²) in [6, 6.07) is 7.94. The van der Waals surface area contributed by atoms with Crippen LogP contribution in [0.25, 0.3) is 10.9 Å². The Balaban J connectivity index is 1.63. The molecule has 1 aromatic carbocycles. The Bertz CT molecular complexity index is 751. The van der Waals surface area contributed by atoms with Gasteiger partial charge in [0, 0.05) is 23.7 Å². The maximum atomic E-state index is 4.27. The van der Waals surface area contributed by atoms with Gasteiger partial charge in [0.05, 0.1) is 11.0 Å². The predicted molar refractivity (Wildman–Crippen MR) is 81.6 cm³/mol. The zero-order valence-corrected chi connectivity index (χ0v) is 11.5. The van der Waals surface area contributed by atoms with Gasteiger partial charge in [0.15, 0.2) is 0 Å². The minimum atomic E-state index is 0.746. The molecule has 0 aliphatic heterocycles. The number of aromatic nitrogens is 3. The normalized spacial score (nSPS) is 10.0. The molecule has 5 heteroatoms. The van der Waals surface area contributed by atoms with E-state index in [-0.39, 0.29) is 0 Å². The number of hydrogen-bond acceptors (Lipinski definition) is 5. The molecule has 3 rings (SSSR count). The summed E-state index contributed by atoms with van der Waals surface area (Å²) in [6.45, 7) is 0.748. The molecule has 98 valence electrons. The highest BCUT2D eigenvalue weighted by Gasteiger charge is 2.00. The van der Waals surface area contributed by atoms with Crippen LogP contribution in [0.4, 0.5) is 5.82 Å². The van der Waals surface area contributed by atoms with E-state index in [0.29, 0.717) is 0 Å². The van der Waals surface area contributed by atoms with Gasteiger partial charge in [-0.3, -0.25) is 0 Å². The Morgan fingerprint density at radius 3 is 3.00 bits per heavy atom. The minimum Gasteiger partial charge on any atom is -0.368 e. The lowest BCUT2D eigenvalue weighted by Crippen LogP contribution is -2.03. The van der Waals surface area contributed by atoms with Crippen molar-refractivity contribution in [1.29, 1.82) is 0 Å². The van der Waals surface area contributed by atoms with Gasteiger partial charge < -0.3 is 5.32 Å². The average Bonchev–Trinajstić information content (AvgIpc) is 3.00. The molecule has 20 heavy (non-hydrogen) atoms. The lowest BCUT2D eigenvalue weighted by molar-refractivity contribution is 1.07. The average molecular weight is 280 g/mol. The van der Waals surface area contributed by atoms with Crippen LogP contribution in [0, 0.1) is 11.8 Å². The number of benzene rings is 1. The Labute approximate surface area is 120 Å². The summed E-state index contributed by atoms with van der Waals surface area (Å²) < 4.78 is 0. The van der Waals surface area contributed by atoms with Crippen LogP contribution in [0.15, 0.2) is 41.5 Å². The summed E-state index contributed by atoms with van der Waals surface area (Å²) in [4.78, 5) is 12.6. The van der Waals surface area contributed by atoms with Gasteiger partial charge >= 0.3 is 0 Å². The second kappa shape index (κ2) is 6.13. The molecule has 0 bridgehead atoms. The zero-order chi connectivity index (χ0) is 13.6. The predicted octanol–water partition coefficient (Wildman–Crippen LogP) is 2.94. The smallest absolute Gasteiger partial charge is 0.137 e. The fourth-order valence-corrected chi connectivity index (χ4v) is 2.30. The summed E-state index contributed by atoms with van der Waals surface area (Å²) in [5.74, 6) is 6.97. The van der Waals surface area contributed by atoms with E-state index in [0.717, 1.165) is 35.4 Å². The maximum Gasteiger partial charge on any atom is 0.137 e. The van der Waals surface area contributed by atoms with Gasteiger partial charge in [-0.1, -0.05) is 18.1 Å². The fraction of sp³-hybridized carbons (Fsp3) is 0.133. The van der Waals surface area contributed by atoms with Crippen LogP contribution in [-0.4, -0.2) is 21.5 Å². The number of anilines is 1. The van der Waals surface area contributed by atoms with E-state index in [4.69, 9.17) is 0 Å². The van der Waals surface area contributed by atoms with Crippen LogP contribution in [-0.2, 0) is 0 Å². The van der Waals surface area contributed by atoms with Crippen molar-refractivity contribution in [2.24, 2.45) is 0 Å². The van der Waals surface area contributed by atoms with E-state index in [2.05, 4.69) is 32.1 Å². The van der Waals surface area contributed by atoms with Crippen LogP contribution >= 0.6 is 11.3 Å². The van der Waals surface area contributed by atoms with Gasteiger partial charge in [-0.15, -0.1) is 11.3 Å². The number of thiazole rings is 1. The molecule has 0 aliphatic rings. The third-order valence-electron chi connectivity index (χ3n) is 2.73. The second-order valence-corrected chi connectivity index (χ2v) is 4.81. The van der Waals surface area contributed by atoms with Gasteiger partial charge in [-0.25, -0.2) is 15.0 Å². The molecule has 3 aromatic rings. The number of nitrogens with zero attached hydrogens (tertiary/aromatic N) is 3. The van der Waals surface area contributed by atoms with E-state index in [1.54, 1.807) is 23.2 Å². The first-order valence-corrected chi connectivity index (χ1v) is 7.18. The van der Waals surface area contributed by atoms with Gasteiger partial charge in [-0.05, 0) is 18.1 Å². The second-order valence-electron chi connectivity index (χ2n) is 4.09. The molecule has 0 amide bonds. The Morgan fingerprint density at radius 1 is 1.15 bits per heavy atom. The highest BCUT2D eigenvalue weighted by Crippen LogP contribution is 2.17.